The molecule has 6 amide bonds. The molecule has 0 bridgehead atoms. The fourth-order valence-corrected chi connectivity index (χ4v) is 12.3. The largest absolute Gasteiger partial charge is 1.00 e. The minimum Gasteiger partial charge on any atom is -0.477 e. The van der Waals surface area contributed by atoms with Crippen molar-refractivity contribution in [2.24, 2.45) is 0 Å². The number of ether oxygens (including phenoxy) is 4. The van der Waals surface area contributed by atoms with Crippen molar-refractivity contribution in [1.29, 1.82) is 0 Å². The van der Waals surface area contributed by atoms with Crippen molar-refractivity contribution in [2.75, 3.05) is 62.4 Å². The molecule has 12 atom stereocenters. The molecule has 0 aliphatic carbocycles. The first-order valence-corrected chi connectivity index (χ1v) is 33.6. The number of carboxylic acid groups (broad SMARTS) is 2. The van der Waals surface area contributed by atoms with Gasteiger partial charge in [-0.05, 0) is 109 Å². The second-order valence-corrected chi connectivity index (χ2v) is 25.9. The second kappa shape index (κ2) is 37.9. The van der Waals surface area contributed by atoms with Gasteiger partial charge in [0.1, 0.15) is 24.4 Å². The maximum Gasteiger partial charge on any atom is 1.00 e. The van der Waals surface area contributed by atoms with E-state index in [4.69, 9.17) is 18.9 Å². The molecule has 2 heterocycles. The Kier molecular flexibility index (Phi) is 31.0. The van der Waals surface area contributed by atoms with Gasteiger partial charge in [0.25, 0.3) is 35.2 Å². The summed E-state index contributed by atoms with van der Waals surface area (Å²) in [7, 11) is 0. The summed E-state index contributed by atoms with van der Waals surface area (Å²) in [5.74, 6) is -9.64. The number of carbonyl (C=O) groups is 8. The molecule has 2 unspecified atom stereocenters. The number of carbonyl (C=O) groups excluding carboxylic acids is 6. The normalized spacial score (nSPS) is 21.8. The summed E-state index contributed by atoms with van der Waals surface area (Å²) in [6.07, 6.45) is -14.7. The molecular weight excluding hydrogens is 1310 g/mol. The van der Waals surface area contributed by atoms with E-state index in [-0.39, 0.29) is 79.8 Å². The number of aliphatic hydroxyl groups excluding tert-OH is 6. The molecule has 29 heteroatoms. The summed E-state index contributed by atoms with van der Waals surface area (Å²) >= 11 is 2.84. The van der Waals surface area contributed by atoms with Gasteiger partial charge in [-0.15, -0.1) is 0 Å². The number of aryl methyl sites for hydroxylation is 2. The molecule has 518 valence electrons. The van der Waals surface area contributed by atoms with Crippen molar-refractivity contribution in [3.63, 3.8) is 0 Å². The van der Waals surface area contributed by atoms with Crippen LogP contribution >= 0.6 is 23.5 Å². The van der Waals surface area contributed by atoms with E-state index >= 15 is 0 Å². The molecule has 0 saturated carbocycles. The summed E-state index contributed by atoms with van der Waals surface area (Å²) in [6, 6.07) is 32.4. The Hall–Kier alpha value is -6.84. The van der Waals surface area contributed by atoms with E-state index < -0.39 is 146 Å². The maximum absolute atomic E-state index is 13.0. The molecule has 7 rings (SSSR count). The number of amides is 6. The topological polar surface area (TPSA) is 408 Å². The van der Waals surface area contributed by atoms with Crippen molar-refractivity contribution in [3.05, 3.63) is 155 Å². The van der Waals surface area contributed by atoms with Gasteiger partial charge in [0.05, 0.1) is 49.7 Å². The SMILES string of the molecule is CC(=O)N[C@@H]1[C@@H](O)C[C@](OCCCSCCNC(=O)c2ccc(C(=O)NCCSCCCO[C@]3(C(=O)O)C[C@H](O)[C@@H](NC(C)=O)[C@H](C(O)[C@H](O)CNC(=O)c4ccc(-c5ccc(C)cc5)cc4)O3)cc2)(C(=O)O)O[C@H]1C(O)[C@H](O)CNC(=O)c1ccc(-c2ccc(C)cc2)cc1.[Na+]. The first kappa shape index (κ1) is 79.1. The minimum atomic E-state index is -2.49. The van der Waals surface area contributed by atoms with Crippen LogP contribution in [0.25, 0.3) is 22.3 Å². The van der Waals surface area contributed by atoms with Crippen LogP contribution in [0.4, 0.5) is 0 Å². The Morgan fingerprint density at radius 2 is 0.763 bits per heavy atom. The fourth-order valence-electron chi connectivity index (χ4n) is 10.7. The average Bonchev–Trinajstić information content (AvgIpc) is 0.778. The van der Waals surface area contributed by atoms with Crippen LogP contribution in [0.1, 0.15) is 92.1 Å². The zero-order valence-corrected chi connectivity index (χ0v) is 58.1. The maximum atomic E-state index is 13.0. The third-order valence-corrected chi connectivity index (χ3v) is 18.2. The smallest absolute Gasteiger partial charge is 0.477 e. The number of thioether (sulfide) groups is 2. The van der Waals surface area contributed by atoms with Gasteiger partial charge in [0.2, 0.25) is 11.8 Å². The van der Waals surface area contributed by atoms with Crippen LogP contribution in [0, 0.1) is 13.8 Å². The molecule has 0 aromatic heterocycles. The van der Waals surface area contributed by atoms with E-state index in [0.717, 1.165) is 47.2 Å². The van der Waals surface area contributed by atoms with Gasteiger partial charge < -0.3 is 91.7 Å². The number of carboxylic acids is 2. The minimum absolute atomic E-state index is 0. The van der Waals surface area contributed by atoms with E-state index in [1.807, 2.05) is 62.4 Å². The molecular formula is C68H84N6NaO20S2+. The number of aliphatic carboxylic acids is 2. The van der Waals surface area contributed by atoms with Crippen molar-refractivity contribution >= 4 is 70.9 Å². The van der Waals surface area contributed by atoms with Crippen LogP contribution in [0.2, 0.25) is 0 Å². The Morgan fingerprint density at radius 1 is 0.474 bits per heavy atom. The van der Waals surface area contributed by atoms with Crippen molar-refractivity contribution in [1.82, 2.24) is 31.9 Å². The van der Waals surface area contributed by atoms with E-state index in [1.54, 1.807) is 48.5 Å². The summed E-state index contributed by atoms with van der Waals surface area (Å²) in [5.41, 5.74) is 6.98. The zero-order chi connectivity index (χ0) is 69.7. The van der Waals surface area contributed by atoms with E-state index in [1.165, 1.54) is 47.8 Å². The van der Waals surface area contributed by atoms with Gasteiger partial charge in [-0.1, -0.05) is 83.9 Å². The van der Waals surface area contributed by atoms with Crippen LogP contribution in [0.15, 0.2) is 121 Å². The van der Waals surface area contributed by atoms with Crippen LogP contribution < -0.4 is 61.5 Å². The van der Waals surface area contributed by atoms with Gasteiger partial charge in [-0.2, -0.15) is 23.5 Å². The number of benzene rings is 5. The molecule has 97 heavy (non-hydrogen) atoms. The molecule has 5 aromatic carbocycles. The summed E-state index contributed by atoms with van der Waals surface area (Å²) in [6.45, 7) is 5.36. The van der Waals surface area contributed by atoms with Crippen LogP contribution in [0.3, 0.4) is 0 Å². The standard InChI is InChI=1S/C68H84N6O20S2.Na/c1-39-7-11-43(12-8-39)45-15-19-49(20-16-45)63(85)71-37-53(79)57(81)59-55(73-41(3)75)51(77)35-67(93-59,65(87)88)91-29-5-31-95-33-27-69-61(83)47-23-25-48(26-24-47)62(84)70-28-34-96-32-6-30-92-68(66(89)90)36-52(78)56(74-42(4)76)60(94-68)58(82)54(80)38-72-64(86)50-21-17-46(18-22-50)44-13-9-40(2)10-14-44;/h7-26,51-60,77-82H,5-6,27-38H2,1-4H3,(H,69,83)(H,70,84)(H,71,85)(H,72,86)(H,73,75)(H,74,76)(H,87,88)(H,89,90);/q;+1/t51-,52-,53+,54+,55+,56+,57?,58?,59+,60+,67+,68+;/m0./s1. The molecule has 5 aromatic rings. The quantitative estimate of drug-likeness (QED) is 0.0183. The van der Waals surface area contributed by atoms with Gasteiger partial charge in [0, 0.05) is 86.6 Å². The molecule has 26 nitrogen and oxygen atoms in total. The Morgan fingerprint density at radius 3 is 1.06 bits per heavy atom. The van der Waals surface area contributed by atoms with E-state index in [9.17, 15) is 79.2 Å². The second-order valence-electron chi connectivity index (χ2n) is 23.4. The van der Waals surface area contributed by atoms with E-state index in [0.29, 0.717) is 34.1 Å². The number of nitrogens with one attached hydrogen (secondary N) is 6. The van der Waals surface area contributed by atoms with Crippen molar-refractivity contribution < 1.29 is 128 Å². The first-order valence-electron chi connectivity index (χ1n) is 31.3. The summed E-state index contributed by atoms with van der Waals surface area (Å²) in [5, 5.41) is 103. The molecule has 14 N–H and O–H groups in total. The van der Waals surface area contributed by atoms with Crippen LogP contribution in [-0.2, 0) is 38.1 Å². The number of rotatable bonds is 34. The van der Waals surface area contributed by atoms with Crippen LogP contribution in [0.5, 0.6) is 0 Å². The number of hydrogen-bond acceptors (Lipinski definition) is 20. The Bertz CT molecular complexity index is 3210. The molecule has 2 fully saturated rings. The fraction of sp³-hybridized carbons (Fsp3) is 0.441. The summed E-state index contributed by atoms with van der Waals surface area (Å²) < 4.78 is 23.2. The molecule has 0 spiro atoms. The number of aliphatic hydroxyl groups is 6. The third kappa shape index (κ3) is 22.6. The van der Waals surface area contributed by atoms with E-state index in [2.05, 4.69) is 31.9 Å². The van der Waals surface area contributed by atoms with Gasteiger partial charge in [0.15, 0.2) is 0 Å². The number of hydrogen-bond donors (Lipinski definition) is 14. The van der Waals surface area contributed by atoms with Crippen molar-refractivity contribution in [3.8, 4) is 22.3 Å². The van der Waals surface area contributed by atoms with Gasteiger partial charge in [-0.25, -0.2) is 9.59 Å². The molecule has 2 aliphatic rings. The van der Waals surface area contributed by atoms with Crippen molar-refractivity contribution in [2.45, 2.75) is 126 Å². The van der Waals surface area contributed by atoms with Crippen LogP contribution in [-0.4, -0.2) is 223 Å². The third-order valence-electron chi connectivity index (χ3n) is 16.0. The monoisotopic (exact) mass is 1390 g/mol. The van der Waals surface area contributed by atoms with Gasteiger partial charge >= 0.3 is 41.5 Å². The molecule has 2 saturated heterocycles. The first-order chi connectivity index (χ1) is 45.8. The molecule has 2 aliphatic heterocycles. The van der Waals surface area contributed by atoms with Gasteiger partial charge in [-0.3, -0.25) is 28.8 Å². The predicted octanol–water partition coefficient (Wildman–Crippen LogP) is -0.445. The zero-order valence-electron chi connectivity index (χ0n) is 54.5. The average molecular weight is 1390 g/mol. The molecule has 0 radical (unpaired) electrons. The Labute approximate surface area is 592 Å². The summed E-state index contributed by atoms with van der Waals surface area (Å²) in [4.78, 5) is 102. The predicted molar refractivity (Wildman–Crippen MR) is 356 cm³/mol. The Balaban J connectivity index is 0.0000149.